The molecule has 0 unspecified atom stereocenters. The van der Waals surface area contributed by atoms with Crippen molar-refractivity contribution in [2.24, 2.45) is 0 Å². The molecular weight excluding hydrogens is 266 g/mol. The van der Waals surface area contributed by atoms with E-state index in [9.17, 15) is 0 Å². The predicted octanol–water partition coefficient (Wildman–Crippen LogP) is 2.27. The molecule has 0 fully saturated rings. The van der Waals surface area contributed by atoms with E-state index in [4.69, 9.17) is 10.5 Å². The van der Waals surface area contributed by atoms with Crippen LogP contribution in [0.25, 0.3) is 0 Å². The van der Waals surface area contributed by atoms with Gasteiger partial charge in [-0.25, -0.2) is 0 Å². The molecule has 0 aliphatic heterocycles. The normalized spacial score (nSPS) is 10.7. The Balaban J connectivity index is 2.23. The summed E-state index contributed by atoms with van der Waals surface area (Å²) in [7, 11) is 0. The molecule has 0 spiro atoms. The number of hydrogen-bond donors (Lipinski definition) is 1. The first-order chi connectivity index (χ1) is 10.1. The van der Waals surface area contributed by atoms with Crippen LogP contribution in [0.2, 0.25) is 0 Å². The average Bonchev–Trinajstić information content (AvgIpc) is 2.44. The summed E-state index contributed by atoms with van der Waals surface area (Å²) in [5.41, 5.74) is 6.94. The van der Waals surface area contributed by atoms with Crippen LogP contribution in [0.4, 0.5) is 11.9 Å². The summed E-state index contributed by atoms with van der Waals surface area (Å²) < 4.78 is 5.51. The Kier molecular flexibility index (Phi) is 4.92. The number of benzene rings is 1. The van der Waals surface area contributed by atoms with Gasteiger partial charge in [-0.15, -0.1) is 0 Å². The summed E-state index contributed by atoms with van der Waals surface area (Å²) >= 11 is 0. The number of aromatic nitrogens is 3. The fourth-order valence-corrected chi connectivity index (χ4v) is 1.89. The van der Waals surface area contributed by atoms with Gasteiger partial charge in [-0.2, -0.15) is 15.0 Å². The third-order valence-corrected chi connectivity index (χ3v) is 2.84. The number of nitrogens with two attached hydrogens (primary N) is 1. The molecule has 0 amide bonds. The van der Waals surface area contributed by atoms with E-state index in [2.05, 4.69) is 27.1 Å². The number of ether oxygens (including phenoxy) is 1. The van der Waals surface area contributed by atoms with Gasteiger partial charge in [-0.05, 0) is 26.3 Å². The van der Waals surface area contributed by atoms with Crippen molar-refractivity contribution in [3.63, 3.8) is 0 Å². The summed E-state index contributed by atoms with van der Waals surface area (Å²) in [5, 5.41) is 0. The Bertz CT molecular complexity index is 574. The molecule has 1 heterocycles. The highest BCUT2D eigenvalue weighted by atomic mass is 16.5. The van der Waals surface area contributed by atoms with E-state index < -0.39 is 0 Å². The first kappa shape index (κ1) is 15.0. The third-order valence-electron chi connectivity index (χ3n) is 2.84. The van der Waals surface area contributed by atoms with Gasteiger partial charge in [0.1, 0.15) is 0 Å². The van der Waals surface area contributed by atoms with E-state index in [0.29, 0.717) is 12.5 Å². The molecule has 1 aromatic carbocycles. The maximum Gasteiger partial charge on any atom is 0.323 e. The number of rotatable bonds is 6. The smallest absolute Gasteiger partial charge is 0.323 e. The first-order valence-corrected chi connectivity index (χ1v) is 7.05. The Morgan fingerprint density at radius 1 is 1.14 bits per heavy atom. The van der Waals surface area contributed by atoms with Crippen LogP contribution in [-0.2, 0) is 6.54 Å². The Morgan fingerprint density at radius 3 is 2.48 bits per heavy atom. The van der Waals surface area contributed by atoms with Gasteiger partial charge in [-0.1, -0.05) is 30.3 Å². The molecule has 6 nitrogen and oxygen atoms in total. The monoisotopic (exact) mass is 287 g/mol. The minimum Gasteiger partial charge on any atom is -0.461 e. The largest absolute Gasteiger partial charge is 0.461 e. The third kappa shape index (κ3) is 4.30. The van der Waals surface area contributed by atoms with Gasteiger partial charge in [0, 0.05) is 13.1 Å². The second kappa shape index (κ2) is 6.88. The van der Waals surface area contributed by atoms with Gasteiger partial charge in [0.25, 0.3) is 0 Å². The van der Waals surface area contributed by atoms with Crippen LogP contribution in [-0.4, -0.2) is 27.6 Å². The SMILES string of the molecule is CCN(Cc1ccccc1)c1nc(N)nc(OC(C)C)n1. The second-order valence-corrected chi connectivity index (χ2v) is 4.94. The second-order valence-electron chi connectivity index (χ2n) is 4.94. The lowest BCUT2D eigenvalue weighted by molar-refractivity contribution is 0.222. The number of nitrogens with zero attached hydrogens (tertiary/aromatic N) is 4. The zero-order valence-electron chi connectivity index (χ0n) is 12.7. The zero-order chi connectivity index (χ0) is 15.2. The highest BCUT2D eigenvalue weighted by Gasteiger charge is 2.13. The van der Waals surface area contributed by atoms with E-state index in [1.54, 1.807) is 0 Å². The van der Waals surface area contributed by atoms with Crippen molar-refractivity contribution in [1.82, 2.24) is 15.0 Å². The minimum absolute atomic E-state index is 0.0103. The van der Waals surface area contributed by atoms with Gasteiger partial charge in [-0.3, -0.25) is 0 Å². The number of anilines is 2. The summed E-state index contributed by atoms with van der Waals surface area (Å²) in [6, 6.07) is 10.4. The number of nitrogen functional groups attached to an aromatic ring is 1. The molecule has 21 heavy (non-hydrogen) atoms. The van der Waals surface area contributed by atoms with Crippen LogP contribution in [0, 0.1) is 0 Å². The van der Waals surface area contributed by atoms with Crippen LogP contribution < -0.4 is 15.4 Å². The van der Waals surface area contributed by atoms with Gasteiger partial charge in [0.2, 0.25) is 11.9 Å². The van der Waals surface area contributed by atoms with Crippen molar-refractivity contribution < 1.29 is 4.74 Å². The Morgan fingerprint density at radius 2 is 1.86 bits per heavy atom. The van der Waals surface area contributed by atoms with E-state index in [1.165, 1.54) is 5.56 Å². The molecule has 0 aliphatic rings. The number of hydrogen-bond acceptors (Lipinski definition) is 6. The Hall–Kier alpha value is -2.37. The van der Waals surface area contributed by atoms with Crippen molar-refractivity contribution in [3.8, 4) is 6.01 Å². The van der Waals surface area contributed by atoms with Crippen LogP contribution in [0.15, 0.2) is 30.3 Å². The van der Waals surface area contributed by atoms with E-state index in [1.807, 2.05) is 43.9 Å². The lowest BCUT2D eigenvalue weighted by Gasteiger charge is -2.21. The van der Waals surface area contributed by atoms with Crippen molar-refractivity contribution in [2.75, 3.05) is 17.2 Å². The maximum atomic E-state index is 5.75. The van der Waals surface area contributed by atoms with Crippen LogP contribution in [0.5, 0.6) is 6.01 Å². The average molecular weight is 287 g/mol. The molecular formula is C15H21N5O. The van der Waals surface area contributed by atoms with Crippen LogP contribution >= 0.6 is 0 Å². The molecule has 1 aromatic heterocycles. The molecule has 0 aliphatic carbocycles. The van der Waals surface area contributed by atoms with Gasteiger partial charge in [0.15, 0.2) is 0 Å². The maximum absolute atomic E-state index is 5.75. The minimum atomic E-state index is -0.0103. The molecule has 0 atom stereocenters. The van der Waals surface area contributed by atoms with Crippen molar-refractivity contribution in [2.45, 2.75) is 33.4 Å². The predicted molar refractivity (Wildman–Crippen MR) is 83.2 cm³/mol. The Labute approximate surface area is 125 Å². The van der Waals surface area contributed by atoms with E-state index >= 15 is 0 Å². The van der Waals surface area contributed by atoms with Crippen molar-refractivity contribution in [1.29, 1.82) is 0 Å². The lowest BCUT2D eigenvalue weighted by atomic mass is 10.2. The summed E-state index contributed by atoms with van der Waals surface area (Å²) in [4.78, 5) is 14.6. The summed E-state index contributed by atoms with van der Waals surface area (Å²) in [6.45, 7) is 7.36. The molecule has 0 bridgehead atoms. The van der Waals surface area contributed by atoms with E-state index in [-0.39, 0.29) is 18.1 Å². The summed E-state index contributed by atoms with van der Waals surface area (Å²) in [5.74, 6) is 0.701. The van der Waals surface area contributed by atoms with Gasteiger partial charge < -0.3 is 15.4 Å². The summed E-state index contributed by atoms with van der Waals surface area (Å²) in [6.07, 6.45) is -0.0103. The first-order valence-electron chi connectivity index (χ1n) is 7.05. The highest BCUT2D eigenvalue weighted by Crippen LogP contribution is 2.16. The standard InChI is InChI=1S/C15H21N5O/c1-4-20(10-12-8-6-5-7-9-12)14-17-13(16)18-15(19-14)21-11(2)3/h5-9,11H,4,10H2,1-3H3,(H2,16,17,18,19). The molecule has 2 aromatic rings. The molecule has 2 rings (SSSR count). The van der Waals surface area contributed by atoms with Gasteiger partial charge in [0.05, 0.1) is 6.10 Å². The van der Waals surface area contributed by atoms with E-state index in [0.717, 1.165) is 6.54 Å². The molecule has 112 valence electrons. The zero-order valence-corrected chi connectivity index (χ0v) is 12.7. The molecule has 0 radical (unpaired) electrons. The highest BCUT2D eigenvalue weighted by molar-refractivity contribution is 5.37. The van der Waals surface area contributed by atoms with Gasteiger partial charge >= 0.3 is 6.01 Å². The fourth-order valence-electron chi connectivity index (χ4n) is 1.89. The molecule has 2 N–H and O–H groups in total. The van der Waals surface area contributed by atoms with Crippen molar-refractivity contribution in [3.05, 3.63) is 35.9 Å². The van der Waals surface area contributed by atoms with Crippen LogP contribution in [0.1, 0.15) is 26.3 Å². The quantitative estimate of drug-likeness (QED) is 0.878. The lowest BCUT2D eigenvalue weighted by Crippen LogP contribution is -2.25. The topological polar surface area (TPSA) is 77.2 Å². The molecule has 0 saturated carbocycles. The molecule has 0 saturated heterocycles. The molecule has 6 heteroatoms. The van der Waals surface area contributed by atoms with Crippen LogP contribution in [0.3, 0.4) is 0 Å². The van der Waals surface area contributed by atoms with Crippen molar-refractivity contribution >= 4 is 11.9 Å². The fraction of sp³-hybridized carbons (Fsp3) is 0.400.